The van der Waals surface area contributed by atoms with E-state index in [1.54, 1.807) is 18.2 Å². The topological polar surface area (TPSA) is 80.4 Å². The van der Waals surface area contributed by atoms with Crippen LogP contribution in [0.1, 0.15) is 27.2 Å². The summed E-state index contributed by atoms with van der Waals surface area (Å²) >= 11 is 0. The highest BCUT2D eigenvalue weighted by atomic mass is 16.5. The van der Waals surface area contributed by atoms with Crippen LogP contribution in [-0.2, 0) is 6.54 Å². The maximum atomic E-state index is 12.4. The second-order valence-corrected chi connectivity index (χ2v) is 5.19. The van der Waals surface area contributed by atoms with E-state index in [2.05, 4.69) is 10.3 Å². The lowest BCUT2D eigenvalue weighted by Gasteiger charge is -2.12. The summed E-state index contributed by atoms with van der Waals surface area (Å²) in [4.78, 5) is 27.1. The first-order valence-corrected chi connectivity index (χ1v) is 7.16. The van der Waals surface area contributed by atoms with Gasteiger partial charge < -0.3 is 19.8 Å². The highest BCUT2D eigenvalue weighted by Gasteiger charge is 2.14. The number of H-pyrrole nitrogens is 1. The van der Waals surface area contributed by atoms with Crippen LogP contribution < -0.4 is 20.3 Å². The number of benzene rings is 1. The van der Waals surface area contributed by atoms with Crippen LogP contribution in [0.15, 0.2) is 29.1 Å². The zero-order valence-electron chi connectivity index (χ0n) is 13.6. The van der Waals surface area contributed by atoms with Crippen molar-refractivity contribution < 1.29 is 14.3 Å². The van der Waals surface area contributed by atoms with Gasteiger partial charge in [-0.3, -0.25) is 9.59 Å². The predicted molar refractivity (Wildman–Crippen MR) is 87.3 cm³/mol. The molecule has 2 aromatic rings. The molecule has 0 aliphatic carbocycles. The lowest BCUT2D eigenvalue weighted by molar-refractivity contribution is 0.0947. The van der Waals surface area contributed by atoms with E-state index in [1.165, 1.54) is 14.2 Å². The summed E-state index contributed by atoms with van der Waals surface area (Å²) in [7, 11) is 3.02. The van der Waals surface area contributed by atoms with Crippen molar-refractivity contribution >= 4 is 5.91 Å². The summed E-state index contributed by atoms with van der Waals surface area (Å²) in [6.45, 7) is 3.80. The second kappa shape index (κ2) is 7.00. The van der Waals surface area contributed by atoms with Crippen molar-refractivity contribution in [3.8, 4) is 11.5 Å². The van der Waals surface area contributed by atoms with E-state index in [4.69, 9.17) is 9.47 Å². The van der Waals surface area contributed by atoms with Crippen molar-refractivity contribution in [3.05, 3.63) is 57.0 Å². The Kier molecular flexibility index (Phi) is 5.05. The average molecular weight is 316 g/mol. The highest BCUT2D eigenvalue weighted by molar-refractivity contribution is 5.97. The Morgan fingerprint density at radius 2 is 1.91 bits per heavy atom. The summed E-state index contributed by atoms with van der Waals surface area (Å²) < 4.78 is 10.3. The molecule has 6 heteroatoms. The largest absolute Gasteiger partial charge is 0.497 e. The minimum absolute atomic E-state index is 0.140. The fourth-order valence-electron chi connectivity index (χ4n) is 2.36. The van der Waals surface area contributed by atoms with Gasteiger partial charge >= 0.3 is 0 Å². The molecule has 6 nitrogen and oxygen atoms in total. The maximum Gasteiger partial charge on any atom is 0.255 e. The van der Waals surface area contributed by atoms with E-state index in [0.29, 0.717) is 22.6 Å². The number of nitrogens with one attached hydrogen (secondary N) is 2. The van der Waals surface area contributed by atoms with Crippen LogP contribution >= 0.6 is 0 Å². The summed E-state index contributed by atoms with van der Waals surface area (Å²) in [5.41, 5.74) is 2.32. The predicted octanol–water partition coefficient (Wildman–Crippen LogP) is 1.94. The molecule has 0 fully saturated rings. The van der Waals surface area contributed by atoms with Gasteiger partial charge in [0.2, 0.25) is 0 Å². The molecular formula is C17H20N2O4. The van der Waals surface area contributed by atoms with E-state index >= 15 is 0 Å². The number of rotatable bonds is 5. The number of aromatic amines is 1. The van der Waals surface area contributed by atoms with Gasteiger partial charge in [-0.05, 0) is 43.7 Å². The van der Waals surface area contributed by atoms with Crippen molar-refractivity contribution in [1.82, 2.24) is 10.3 Å². The fourth-order valence-corrected chi connectivity index (χ4v) is 2.36. The van der Waals surface area contributed by atoms with Gasteiger partial charge in [0.05, 0.1) is 19.8 Å². The van der Waals surface area contributed by atoms with E-state index in [-0.39, 0.29) is 18.0 Å². The van der Waals surface area contributed by atoms with Crippen molar-refractivity contribution in [1.29, 1.82) is 0 Å². The van der Waals surface area contributed by atoms with Crippen molar-refractivity contribution in [2.75, 3.05) is 14.2 Å². The standard InChI is InChI=1S/C17H20N2O4/c1-10-7-11(2)19-17(21)14(10)9-18-16(20)13-8-12(22-3)5-6-15(13)23-4/h5-8H,9H2,1-4H3,(H,18,20)(H,19,21). The smallest absolute Gasteiger partial charge is 0.255 e. The Balaban J connectivity index is 2.22. The summed E-state index contributed by atoms with van der Waals surface area (Å²) in [5.74, 6) is 0.665. The molecule has 0 saturated heterocycles. The molecule has 0 bridgehead atoms. The average Bonchev–Trinajstić information content (AvgIpc) is 2.52. The van der Waals surface area contributed by atoms with Crippen LogP contribution in [0.2, 0.25) is 0 Å². The first kappa shape index (κ1) is 16.6. The third-order valence-corrected chi connectivity index (χ3v) is 3.57. The number of carbonyl (C=O) groups is 1. The number of pyridine rings is 1. The molecule has 2 rings (SSSR count). The molecule has 1 amide bonds. The molecule has 0 unspecified atom stereocenters. The number of carbonyl (C=O) groups excluding carboxylic acids is 1. The quantitative estimate of drug-likeness (QED) is 0.883. The van der Waals surface area contributed by atoms with Crippen molar-refractivity contribution in [2.45, 2.75) is 20.4 Å². The van der Waals surface area contributed by atoms with E-state index < -0.39 is 0 Å². The van der Waals surface area contributed by atoms with Crippen LogP contribution in [0.5, 0.6) is 11.5 Å². The Labute approximate surface area is 134 Å². The molecule has 0 spiro atoms. The van der Waals surface area contributed by atoms with Crippen LogP contribution in [0.3, 0.4) is 0 Å². The fraction of sp³-hybridized carbons (Fsp3) is 0.294. The van der Waals surface area contributed by atoms with E-state index in [0.717, 1.165) is 11.3 Å². The molecule has 0 radical (unpaired) electrons. The Morgan fingerprint density at radius 3 is 2.52 bits per heavy atom. The van der Waals surface area contributed by atoms with Gasteiger partial charge in [0.25, 0.3) is 11.5 Å². The minimum atomic E-state index is -0.333. The number of ether oxygens (including phenoxy) is 2. The van der Waals surface area contributed by atoms with Crippen molar-refractivity contribution in [3.63, 3.8) is 0 Å². The number of aryl methyl sites for hydroxylation is 2. The molecule has 2 N–H and O–H groups in total. The maximum absolute atomic E-state index is 12.4. The Bertz CT molecular complexity index is 781. The summed E-state index contributed by atoms with van der Waals surface area (Å²) in [6.07, 6.45) is 0. The number of amides is 1. The first-order valence-electron chi connectivity index (χ1n) is 7.16. The number of methoxy groups -OCH3 is 2. The number of aromatic nitrogens is 1. The molecule has 1 aromatic heterocycles. The molecule has 0 aliphatic heterocycles. The molecule has 122 valence electrons. The second-order valence-electron chi connectivity index (χ2n) is 5.19. The van der Waals surface area contributed by atoms with Gasteiger partial charge in [-0.1, -0.05) is 0 Å². The summed E-state index contributed by atoms with van der Waals surface area (Å²) in [5, 5.41) is 2.75. The summed E-state index contributed by atoms with van der Waals surface area (Å²) in [6, 6.07) is 6.84. The normalized spacial score (nSPS) is 10.3. The number of hydrogen-bond donors (Lipinski definition) is 2. The zero-order chi connectivity index (χ0) is 17.0. The molecule has 0 aliphatic rings. The van der Waals surface area contributed by atoms with Crippen LogP contribution in [-0.4, -0.2) is 25.1 Å². The molecule has 0 saturated carbocycles. The van der Waals surface area contributed by atoms with Gasteiger partial charge in [-0.15, -0.1) is 0 Å². The molecular weight excluding hydrogens is 296 g/mol. The van der Waals surface area contributed by atoms with Gasteiger partial charge in [-0.2, -0.15) is 0 Å². The lowest BCUT2D eigenvalue weighted by atomic mass is 10.1. The zero-order valence-corrected chi connectivity index (χ0v) is 13.6. The van der Waals surface area contributed by atoms with Crippen LogP contribution in [0, 0.1) is 13.8 Å². The van der Waals surface area contributed by atoms with Gasteiger partial charge in [0.15, 0.2) is 0 Å². The Hall–Kier alpha value is -2.76. The van der Waals surface area contributed by atoms with Crippen LogP contribution in [0.4, 0.5) is 0 Å². The van der Waals surface area contributed by atoms with Crippen molar-refractivity contribution in [2.24, 2.45) is 0 Å². The third kappa shape index (κ3) is 3.71. The van der Waals surface area contributed by atoms with Gasteiger partial charge in [-0.25, -0.2) is 0 Å². The molecule has 1 aromatic carbocycles. The molecule has 1 heterocycles. The molecule has 23 heavy (non-hydrogen) atoms. The lowest BCUT2D eigenvalue weighted by Crippen LogP contribution is -2.28. The van der Waals surface area contributed by atoms with Gasteiger partial charge in [0, 0.05) is 17.8 Å². The SMILES string of the molecule is COc1ccc(OC)c(C(=O)NCc2c(C)cc(C)[nH]c2=O)c1. The third-order valence-electron chi connectivity index (χ3n) is 3.57. The molecule has 0 atom stereocenters. The first-order chi connectivity index (χ1) is 11.0. The monoisotopic (exact) mass is 316 g/mol. The minimum Gasteiger partial charge on any atom is -0.497 e. The highest BCUT2D eigenvalue weighted by Crippen LogP contribution is 2.23. The van der Waals surface area contributed by atoms with Gasteiger partial charge in [0.1, 0.15) is 11.5 Å². The number of hydrogen-bond acceptors (Lipinski definition) is 4. The van der Waals surface area contributed by atoms with E-state index in [9.17, 15) is 9.59 Å². The van der Waals surface area contributed by atoms with Crippen LogP contribution in [0.25, 0.3) is 0 Å². The Morgan fingerprint density at radius 1 is 1.17 bits per heavy atom. The van der Waals surface area contributed by atoms with E-state index in [1.807, 2.05) is 19.9 Å².